The number of halogens is 4. The Kier molecular flexibility index (Phi) is 8.72. The van der Waals surface area contributed by atoms with Crippen LogP contribution in [0, 0.1) is 34.3 Å². The average molecular weight is 616 g/mol. The molecule has 2 N–H and O–H groups in total. The van der Waals surface area contributed by atoms with Crippen LogP contribution in [-0.4, -0.2) is 35.7 Å². The first-order valence-corrected chi connectivity index (χ1v) is 13.8. The maximum Gasteiger partial charge on any atom is 0.339 e. The predicted molar refractivity (Wildman–Crippen MR) is 156 cm³/mol. The SMILES string of the molecule is COc1cc(NC(=O)N2C[C@@H](CC(C)(C)C)[C@](C#N)(c3ccc(Cl)cc3F)[C@H]2c2cccc(Cl)c2F)ccc1C(=O)O. The van der Waals surface area contributed by atoms with Gasteiger partial charge in [-0.2, -0.15) is 5.26 Å². The Morgan fingerprint density at radius 1 is 1.17 bits per heavy atom. The van der Waals surface area contributed by atoms with Crippen LogP contribution >= 0.6 is 23.2 Å². The number of hydrogen-bond acceptors (Lipinski definition) is 4. The molecule has 0 aliphatic carbocycles. The smallest absolute Gasteiger partial charge is 0.339 e. The van der Waals surface area contributed by atoms with Crippen LogP contribution in [0.1, 0.15) is 54.7 Å². The highest BCUT2D eigenvalue weighted by atomic mass is 35.5. The lowest BCUT2D eigenvalue weighted by molar-refractivity contribution is 0.0693. The lowest BCUT2D eigenvalue weighted by Crippen LogP contribution is -2.42. The third-order valence-electron chi connectivity index (χ3n) is 7.44. The number of amides is 2. The fourth-order valence-electron chi connectivity index (χ4n) is 5.81. The molecule has 11 heteroatoms. The molecular weight excluding hydrogens is 587 g/mol. The molecule has 3 aromatic carbocycles. The number of rotatable bonds is 6. The summed E-state index contributed by atoms with van der Waals surface area (Å²) in [5, 5.41) is 23.0. The predicted octanol–water partition coefficient (Wildman–Crippen LogP) is 8.08. The van der Waals surface area contributed by atoms with Crippen molar-refractivity contribution >= 4 is 40.9 Å². The van der Waals surface area contributed by atoms with Gasteiger partial charge in [0.25, 0.3) is 0 Å². The van der Waals surface area contributed by atoms with Crippen molar-refractivity contribution in [3.63, 3.8) is 0 Å². The summed E-state index contributed by atoms with van der Waals surface area (Å²) in [5.74, 6) is -3.43. The van der Waals surface area contributed by atoms with Crippen molar-refractivity contribution < 1.29 is 28.2 Å². The van der Waals surface area contributed by atoms with E-state index in [1.165, 1.54) is 60.5 Å². The molecule has 0 aromatic heterocycles. The largest absolute Gasteiger partial charge is 0.496 e. The van der Waals surface area contributed by atoms with Gasteiger partial charge in [0, 0.05) is 40.4 Å². The van der Waals surface area contributed by atoms with Crippen molar-refractivity contribution in [2.75, 3.05) is 19.0 Å². The zero-order valence-corrected chi connectivity index (χ0v) is 24.9. The zero-order chi connectivity index (χ0) is 31.0. The van der Waals surface area contributed by atoms with Crippen molar-refractivity contribution in [3.8, 4) is 11.8 Å². The van der Waals surface area contributed by atoms with Crippen LogP contribution in [0.15, 0.2) is 54.6 Å². The van der Waals surface area contributed by atoms with Gasteiger partial charge in [0.1, 0.15) is 28.4 Å². The number of nitrogens with one attached hydrogen (secondary N) is 1. The van der Waals surface area contributed by atoms with Gasteiger partial charge in [-0.05, 0) is 42.2 Å². The van der Waals surface area contributed by atoms with E-state index in [-0.39, 0.29) is 50.1 Å². The van der Waals surface area contributed by atoms with E-state index in [9.17, 15) is 20.0 Å². The third kappa shape index (κ3) is 5.74. The van der Waals surface area contributed by atoms with Crippen molar-refractivity contribution in [2.45, 2.75) is 38.6 Å². The molecule has 1 fully saturated rings. The fourth-order valence-corrected chi connectivity index (χ4v) is 6.15. The van der Waals surface area contributed by atoms with E-state index in [4.69, 9.17) is 27.9 Å². The number of urea groups is 1. The normalized spacial score (nSPS) is 20.2. The van der Waals surface area contributed by atoms with Gasteiger partial charge in [-0.1, -0.05) is 62.2 Å². The van der Waals surface area contributed by atoms with Crippen LogP contribution in [0.4, 0.5) is 19.3 Å². The highest BCUT2D eigenvalue weighted by Gasteiger charge is 2.60. The van der Waals surface area contributed by atoms with Gasteiger partial charge in [-0.3, -0.25) is 0 Å². The van der Waals surface area contributed by atoms with Crippen LogP contribution in [0.25, 0.3) is 0 Å². The Labute approximate surface area is 252 Å². The molecule has 0 bridgehead atoms. The number of methoxy groups -OCH3 is 1. The molecule has 220 valence electrons. The Morgan fingerprint density at radius 2 is 1.88 bits per heavy atom. The zero-order valence-electron chi connectivity index (χ0n) is 23.3. The molecule has 0 saturated carbocycles. The fraction of sp³-hybridized carbons (Fsp3) is 0.323. The topological polar surface area (TPSA) is 103 Å². The summed E-state index contributed by atoms with van der Waals surface area (Å²) in [7, 11) is 1.30. The van der Waals surface area contributed by atoms with Crippen molar-refractivity contribution in [2.24, 2.45) is 11.3 Å². The van der Waals surface area contributed by atoms with Crippen molar-refractivity contribution in [1.82, 2.24) is 4.90 Å². The first kappa shape index (κ1) is 31.1. The summed E-state index contributed by atoms with van der Waals surface area (Å²) in [5.41, 5.74) is -2.08. The Morgan fingerprint density at radius 3 is 2.48 bits per heavy atom. The molecule has 2 amide bonds. The number of hydrogen-bond donors (Lipinski definition) is 2. The number of ether oxygens (including phenoxy) is 1. The number of carboxylic acids is 1. The van der Waals surface area contributed by atoms with Crippen LogP contribution in [0.5, 0.6) is 5.75 Å². The maximum atomic E-state index is 15.8. The summed E-state index contributed by atoms with van der Waals surface area (Å²) in [6.07, 6.45) is 0.381. The maximum absolute atomic E-state index is 15.8. The number of nitriles is 1. The summed E-state index contributed by atoms with van der Waals surface area (Å²) < 4.78 is 36.7. The lowest BCUT2D eigenvalue weighted by atomic mass is 9.63. The molecule has 3 atom stereocenters. The number of carbonyl (C=O) groups excluding carboxylic acids is 1. The summed E-state index contributed by atoms with van der Waals surface area (Å²) in [6.45, 7) is 5.85. The molecule has 1 aliphatic heterocycles. The van der Waals surface area contributed by atoms with Gasteiger partial charge in [0.2, 0.25) is 0 Å². The van der Waals surface area contributed by atoms with Crippen LogP contribution in [0.2, 0.25) is 10.0 Å². The van der Waals surface area contributed by atoms with Crippen LogP contribution in [-0.2, 0) is 5.41 Å². The Balaban J connectivity index is 1.93. The van der Waals surface area contributed by atoms with Gasteiger partial charge < -0.3 is 20.1 Å². The molecular formula is C31H29Cl2F2N3O4. The van der Waals surface area contributed by atoms with Crippen molar-refractivity contribution in [1.29, 1.82) is 5.26 Å². The minimum absolute atomic E-state index is 0.0133. The first-order valence-electron chi connectivity index (χ1n) is 13.0. The minimum Gasteiger partial charge on any atom is -0.496 e. The van der Waals surface area contributed by atoms with E-state index in [1.54, 1.807) is 0 Å². The monoisotopic (exact) mass is 615 g/mol. The highest BCUT2D eigenvalue weighted by Crippen LogP contribution is 2.56. The van der Waals surface area contributed by atoms with E-state index in [1.807, 2.05) is 20.8 Å². The second kappa shape index (κ2) is 11.8. The summed E-state index contributed by atoms with van der Waals surface area (Å²) in [4.78, 5) is 26.8. The molecule has 0 radical (unpaired) electrons. The quantitative estimate of drug-likeness (QED) is 0.292. The summed E-state index contributed by atoms with van der Waals surface area (Å²) >= 11 is 12.2. The van der Waals surface area contributed by atoms with Gasteiger partial charge in [-0.25, -0.2) is 18.4 Å². The Bertz CT molecular complexity index is 1590. The van der Waals surface area contributed by atoms with E-state index >= 15 is 8.78 Å². The second-order valence-corrected chi connectivity index (χ2v) is 12.3. The molecule has 1 saturated heterocycles. The molecule has 4 rings (SSSR count). The van der Waals surface area contributed by atoms with Gasteiger partial charge in [-0.15, -0.1) is 0 Å². The van der Waals surface area contributed by atoms with Crippen molar-refractivity contribution in [3.05, 3.63) is 93.0 Å². The first-order chi connectivity index (χ1) is 19.7. The molecule has 1 aliphatic rings. The molecule has 0 spiro atoms. The number of anilines is 1. The number of carboxylic acid groups (broad SMARTS) is 1. The Hall–Kier alpha value is -3.87. The van der Waals surface area contributed by atoms with E-state index in [0.717, 1.165) is 6.07 Å². The number of aromatic carboxylic acids is 1. The number of nitrogens with zero attached hydrogens (tertiary/aromatic N) is 2. The second-order valence-electron chi connectivity index (χ2n) is 11.4. The minimum atomic E-state index is -1.74. The molecule has 42 heavy (non-hydrogen) atoms. The lowest BCUT2D eigenvalue weighted by Gasteiger charge is -2.38. The molecule has 7 nitrogen and oxygen atoms in total. The van der Waals surface area contributed by atoms with E-state index in [2.05, 4.69) is 11.4 Å². The van der Waals surface area contributed by atoms with Crippen LogP contribution < -0.4 is 10.1 Å². The van der Waals surface area contributed by atoms with Crippen LogP contribution in [0.3, 0.4) is 0 Å². The van der Waals surface area contributed by atoms with Gasteiger partial charge in [0.15, 0.2) is 0 Å². The summed E-state index contributed by atoms with van der Waals surface area (Å²) in [6, 6.07) is 12.5. The standard InChI is InChI=1S/C31H29Cl2F2N3O4/c1-30(2,3)14-17-15-38(29(41)37-19-9-10-20(28(39)40)25(13-19)42-4)27(21-6-5-7-23(33)26(21)35)31(17,16-36)22-11-8-18(32)12-24(22)34/h5-13,17,27H,14-15H2,1-4H3,(H,37,41)(H,39,40)/t17-,27-,31-/m1/s1. The third-order valence-corrected chi connectivity index (χ3v) is 7.97. The van der Waals surface area contributed by atoms with E-state index < -0.39 is 41.0 Å². The molecule has 3 aromatic rings. The van der Waals surface area contributed by atoms with Gasteiger partial charge in [0.05, 0.1) is 24.2 Å². The number of carbonyl (C=O) groups is 2. The number of likely N-dealkylation sites (tertiary alicyclic amines) is 1. The van der Waals surface area contributed by atoms with E-state index in [0.29, 0.717) is 6.42 Å². The van der Waals surface area contributed by atoms with Gasteiger partial charge >= 0.3 is 12.0 Å². The highest BCUT2D eigenvalue weighted by molar-refractivity contribution is 6.31. The average Bonchev–Trinajstić information content (AvgIpc) is 3.23. The molecule has 0 unspecified atom stereocenters. The molecule has 1 heterocycles. The number of benzene rings is 3.